The van der Waals surface area contributed by atoms with Crippen LogP contribution in [0, 0.1) is 12.7 Å². The van der Waals surface area contributed by atoms with Gasteiger partial charge in [-0.25, -0.2) is 9.37 Å². The monoisotopic (exact) mass is 370 g/mol. The number of nitrogens with zero attached hydrogens (tertiary/aromatic N) is 3. The van der Waals surface area contributed by atoms with Crippen molar-refractivity contribution in [2.75, 3.05) is 12.8 Å². The van der Waals surface area contributed by atoms with Gasteiger partial charge >= 0.3 is 0 Å². The molecule has 0 fully saturated rings. The number of thioether (sulfide) groups is 1. The van der Waals surface area contributed by atoms with Crippen LogP contribution in [0.4, 0.5) is 4.39 Å². The van der Waals surface area contributed by atoms with Gasteiger partial charge in [0.05, 0.1) is 11.3 Å². The average molecular weight is 370 g/mol. The SMILES string of the molecule is Cc1ccccc1CN(C)C(=O)CSc1n[nH]c(-c2ccccc2F)n1. The van der Waals surface area contributed by atoms with Crippen molar-refractivity contribution in [3.63, 3.8) is 0 Å². The lowest BCUT2D eigenvalue weighted by atomic mass is 10.1. The zero-order valence-electron chi connectivity index (χ0n) is 14.6. The molecule has 0 aliphatic rings. The molecule has 26 heavy (non-hydrogen) atoms. The van der Waals surface area contributed by atoms with Crippen LogP contribution in [0.5, 0.6) is 0 Å². The molecule has 1 aromatic heterocycles. The zero-order valence-corrected chi connectivity index (χ0v) is 15.4. The van der Waals surface area contributed by atoms with Gasteiger partial charge in [0.1, 0.15) is 5.82 Å². The maximum Gasteiger partial charge on any atom is 0.233 e. The summed E-state index contributed by atoms with van der Waals surface area (Å²) in [6.45, 7) is 2.58. The summed E-state index contributed by atoms with van der Waals surface area (Å²) in [4.78, 5) is 18.3. The fraction of sp³-hybridized carbons (Fsp3) is 0.211. The van der Waals surface area contributed by atoms with E-state index in [0.717, 1.165) is 11.1 Å². The number of aromatic nitrogens is 3. The molecule has 2 aromatic carbocycles. The van der Waals surface area contributed by atoms with Crippen LogP contribution < -0.4 is 0 Å². The van der Waals surface area contributed by atoms with Crippen LogP contribution in [0.25, 0.3) is 11.4 Å². The van der Waals surface area contributed by atoms with Crippen molar-refractivity contribution in [2.24, 2.45) is 0 Å². The van der Waals surface area contributed by atoms with Crippen LogP contribution in [0.15, 0.2) is 53.7 Å². The zero-order chi connectivity index (χ0) is 18.5. The van der Waals surface area contributed by atoms with Crippen molar-refractivity contribution >= 4 is 17.7 Å². The van der Waals surface area contributed by atoms with E-state index in [1.807, 2.05) is 31.2 Å². The molecule has 0 saturated carbocycles. The second-order valence-electron chi connectivity index (χ2n) is 5.91. The predicted molar refractivity (Wildman–Crippen MR) is 100 cm³/mol. The molecule has 7 heteroatoms. The molecule has 1 N–H and O–H groups in total. The van der Waals surface area contributed by atoms with E-state index in [2.05, 4.69) is 15.2 Å². The lowest BCUT2D eigenvalue weighted by Crippen LogP contribution is -2.28. The minimum Gasteiger partial charge on any atom is -0.341 e. The number of H-pyrrole nitrogens is 1. The molecule has 0 atom stereocenters. The second-order valence-corrected chi connectivity index (χ2v) is 6.85. The summed E-state index contributed by atoms with van der Waals surface area (Å²) in [7, 11) is 1.78. The number of benzene rings is 2. The minimum absolute atomic E-state index is 0.0181. The Morgan fingerprint density at radius 1 is 1.19 bits per heavy atom. The largest absolute Gasteiger partial charge is 0.341 e. The van der Waals surface area contributed by atoms with Crippen LogP contribution in [-0.2, 0) is 11.3 Å². The highest BCUT2D eigenvalue weighted by molar-refractivity contribution is 7.99. The summed E-state index contributed by atoms with van der Waals surface area (Å²) in [5, 5.41) is 7.19. The molecule has 0 saturated heterocycles. The third-order valence-electron chi connectivity index (χ3n) is 4.01. The first-order valence-corrected chi connectivity index (χ1v) is 9.11. The first kappa shape index (κ1) is 18.1. The van der Waals surface area contributed by atoms with Gasteiger partial charge < -0.3 is 4.90 Å². The van der Waals surface area contributed by atoms with E-state index in [9.17, 15) is 9.18 Å². The molecule has 3 rings (SSSR count). The van der Waals surface area contributed by atoms with E-state index >= 15 is 0 Å². The number of nitrogens with one attached hydrogen (secondary N) is 1. The van der Waals surface area contributed by atoms with Crippen molar-refractivity contribution in [3.05, 3.63) is 65.5 Å². The minimum atomic E-state index is -0.366. The molecule has 5 nitrogen and oxygen atoms in total. The van der Waals surface area contributed by atoms with Gasteiger partial charge in [0.25, 0.3) is 0 Å². The van der Waals surface area contributed by atoms with Crippen LogP contribution in [0.1, 0.15) is 11.1 Å². The van der Waals surface area contributed by atoms with Crippen molar-refractivity contribution < 1.29 is 9.18 Å². The Balaban J connectivity index is 1.58. The fourth-order valence-electron chi connectivity index (χ4n) is 2.45. The Morgan fingerprint density at radius 2 is 1.92 bits per heavy atom. The molecule has 0 radical (unpaired) electrons. The van der Waals surface area contributed by atoms with Crippen molar-refractivity contribution in [1.29, 1.82) is 0 Å². The highest BCUT2D eigenvalue weighted by atomic mass is 32.2. The first-order chi connectivity index (χ1) is 12.5. The highest BCUT2D eigenvalue weighted by Crippen LogP contribution is 2.22. The van der Waals surface area contributed by atoms with Crippen molar-refractivity contribution in [3.8, 4) is 11.4 Å². The Hall–Kier alpha value is -2.67. The molecule has 134 valence electrons. The molecular weight excluding hydrogens is 351 g/mol. The maximum atomic E-state index is 13.8. The van der Waals surface area contributed by atoms with Crippen molar-refractivity contribution in [1.82, 2.24) is 20.1 Å². The topological polar surface area (TPSA) is 61.9 Å². The molecule has 1 heterocycles. The average Bonchev–Trinajstić information content (AvgIpc) is 3.10. The molecule has 1 amide bonds. The number of carbonyl (C=O) groups is 1. The van der Waals surface area contributed by atoms with E-state index in [1.165, 1.54) is 17.8 Å². The smallest absolute Gasteiger partial charge is 0.233 e. The Bertz CT molecular complexity index is 912. The maximum absolute atomic E-state index is 13.8. The summed E-state index contributed by atoms with van der Waals surface area (Å²) >= 11 is 1.23. The van der Waals surface area contributed by atoms with E-state index in [0.29, 0.717) is 23.1 Å². The lowest BCUT2D eigenvalue weighted by Gasteiger charge is -2.18. The van der Waals surface area contributed by atoms with Crippen LogP contribution in [0.2, 0.25) is 0 Å². The number of aromatic amines is 1. The summed E-state index contributed by atoms with van der Waals surface area (Å²) in [6.07, 6.45) is 0. The van der Waals surface area contributed by atoms with Gasteiger partial charge in [0, 0.05) is 13.6 Å². The molecule has 0 unspecified atom stereocenters. The number of rotatable bonds is 6. The van der Waals surface area contributed by atoms with E-state index in [-0.39, 0.29) is 17.5 Å². The molecule has 0 aliphatic carbocycles. The number of hydrogen-bond acceptors (Lipinski definition) is 4. The Morgan fingerprint density at radius 3 is 2.69 bits per heavy atom. The summed E-state index contributed by atoms with van der Waals surface area (Å²) < 4.78 is 13.8. The predicted octanol–water partition coefficient (Wildman–Crippen LogP) is 3.67. The van der Waals surface area contributed by atoms with E-state index in [1.54, 1.807) is 30.1 Å². The van der Waals surface area contributed by atoms with E-state index < -0.39 is 0 Å². The molecule has 0 bridgehead atoms. The third-order valence-corrected chi connectivity index (χ3v) is 4.85. The molecule has 3 aromatic rings. The fourth-order valence-corrected chi connectivity index (χ4v) is 3.19. The standard InChI is InChI=1S/C19H19FN4OS/c1-13-7-3-4-8-14(13)11-24(2)17(25)12-26-19-21-18(22-23-19)15-9-5-6-10-16(15)20/h3-10H,11-12H2,1-2H3,(H,21,22,23). The number of amides is 1. The normalized spacial score (nSPS) is 10.7. The van der Waals surface area contributed by atoms with Gasteiger partial charge in [-0.15, -0.1) is 5.10 Å². The van der Waals surface area contributed by atoms with Crippen LogP contribution in [-0.4, -0.2) is 38.8 Å². The highest BCUT2D eigenvalue weighted by Gasteiger charge is 2.14. The Kier molecular flexibility index (Phi) is 5.68. The summed E-state index contributed by atoms with van der Waals surface area (Å²) in [6, 6.07) is 14.3. The number of halogens is 1. The van der Waals surface area contributed by atoms with Gasteiger partial charge in [-0.1, -0.05) is 48.2 Å². The number of carbonyl (C=O) groups excluding carboxylic acids is 1. The van der Waals surface area contributed by atoms with Gasteiger partial charge in [0.2, 0.25) is 11.1 Å². The van der Waals surface area contributed by atoms with Gasteiger partial charge in [-0.05, 0) is 30.2 Å². The molecular formula is C19H19FN4OS. The van der Waals surface area contributed by atoms with Crippen LogP contribution in [0.3, 0.4) is 0 Å². The lowest BCUT2D eigenvalue weighted by molar-refractivity contribution is -0.127. The third kappa shape index (κ3) is 4.29. The summed E-state index contributed by atoms with van der Waals surface area (Å²) in [5.41, 5.74) is 2.63. The van der Waals surface area contributed by atoms with Gasteiger partial charge in [-0.3, -0.25) is 9.89 Å². The summed E-state index contributed by atoms with van der Waals surface area (Å²) in [5.74, 6) is 0.188. The second kappa shape index (κ2) is 8.14. The number of aryl methyl sites for hydroxylation is 1. The van der Waals surface area contributed by atoms with Crippen LogP contribution >= 0.6 is 11.8 Å². The molecule has 0 aliphatic heterocycles. The van der Waals surface area contributed by atoms with E-state index in [4.69, 9.17) is 0 Å². The Labute approximate surface area is 155 Å². The number of hydrogen-bond donors (Lipinski definition) is 1. The quantitative estimate of drug-likeness (QED) is 0.673. The van der Waals surface area contributed by atoms with Gasteiger partial charge in [0.15, 0.2) is 5.82 Å². The van der Waals surface area contributed by atoms with Crippen molar-refractivity contribution in [2.45, 2.75) is 18.6 Å². The molecule has 0 spiro atoms. The van der Waals surface area contributed by atoms with Gasteiger partial charge in [-0.2, -0.15) is 0 Å². The first-order valence-electron chi connectivity index (χ1n) is 8.13.